The first-order chi connectivity index (χ1) is 13.1. The molecule has 1 aromatic rings. The van der Waals surface area contributed by atoms with Crippen molar-refractivity contribution in [1.29, 1.82) is 0 Å². The SMILES string of the molecule is COc1ccc([C@H]2CCCN2C(=O)CNC(=O)C2CCCCC2)c(OC)c1. The van der Waals surface area contributed by atoms with Crippen LogP contribution in [0.25, 0.3) is 0 Å². The van der Waals surface area contributed by atoms with Crippen molar-refractivity contribution >= 4 is 11.8 Å². The van der Waals surface area contributed by atoms with Gasteiger partial charge in [0, 0.05) is 24.1 Å². The normalized spacial score (nSPS) is 20.4. The van der Waals surface area contributed by atoms with Crippen molar-refractivity contribution in [3.05, 3.63) is 23.8 Å². The minimum absolute atomic E-state index is 0.0232. The standard InChI is InChI=1S/C21H30N2O4/c1-26-16-10-11-17(19(13-16)27-2)18-9-6-12-23(18)20(24)14-22-21(25)15-7-4-3-5-8-15/h10-11,13,15,18H,3-9,12,14H2,1-2H3,(H,22,25)/t18-/m1/s1. The molecule has 2 aliphatic rings. The Kier molecular flexibility index (Phi) is 6.58. The third-order valence-electron chi connectivity index (χ3n) is 5.76. The number of hydrogen-bond donors (Lipinski definition) is 1. The summed E-state index contributed by atoms with van der Waals surface area (Å²) in [6.45, 7) is 0.780. The fourth-order valence-corrected chi connectivity index (χ4v) is 4.26. The molecule has 0 aromatic heterocycles. The second kappa shape index (κ2) is 9.11. The predicted molar refractivity (Wildman–Crippen MR) is 103 cm³/mol. The number of hydrogen-bond acceptors (Lipinski definition) is 4. The monoisotopic (exact) mass is 374 g/mol. The molecule has 0 bridgehead atoms. The first-order valence-electron chi connectivity index (χ1n) is 9.93. The molecular weight excluding hydrogens is 344 g/mol. The van der Waals surface area contributed by atoms with Crippen LogP contribution in [-0.2, 0) is 9.59 Å². The molecule has 2 amide bonds. The quantitative estimate of drug-likeness (QED) is 0.831. The number of amides is 2. The Labute approximate surface area is 161 Å². The molecular formula is C21H30N2O4. The number of nitrogens with zero attached hydrogens (tertiary/aromatic N) is 1. The summed E-state index contributed by atoms with van der Waals surface area (Å²) >= 11 is 0. The summed E-state index contributed by atoms with van der Waals surface area (Å²) in [5.74, 6) is 1.53. The van der Waals surface area contributed by atoms with E-state index in [-0.39, 0.29) is 30.3 Å². The molecule has 1 aliphatic heterocycles. The number of nitrogens with one attached hydrogen (secondary N) is 1. The Morgan fingerprint density at radius 2 is 1.85 bits per heavy atom. The second-order valence-corrected chi connectivity index (χ2v) is 7.41. The first kappa shape index (κ1) is 19.5. The van der Waals surface area contributed by atoms with Crippen LogP contribution < -0.4 is 14.8 Å². The topological polar surface area (TPSA) is 67.9 Å². The maximum atomic E-state index is 12.8. The number of carbonyl (C=O) groups is 2. The molecule has 2 fully saturated rings. The van der Waals surface area contributed by atoms with Gasteiger partial charge >= 0.3 is 0 Å². The van der Waals surface area contributed by atoms with Gasteiger partial charge in [-0.1, -0.05) is 19.3 Å². The lowest BCUT2D eigenvalue weighted by Gasteiger charge is -2.27. The smallest absolute Gasteiger partial charge is 0.242 e. The summed E-state index contributed by atoms with van der Waals surface area (Å²) in [4.78, 5) is 27.0. The van der Waals surface area contributed by atoms with Crippen molar-refractivity contribution in [3.63, 3.8) is 0 Å². The number of ether oxygens (including phenoxy) is 2. The van der Waals surface area contributed by atoms with E-state index in [1.165, 1.54) is 6.42 Å². The van der Waals surface area contributed by atoms with Crippen molar-refractivity contribution in [2.24, 2.45) is 5.92 Å². The summed E-state index contributed by atoms with van der Waals surface area (Å²) in [6, 6.07) is 5.68. The summed E-state index contributed by atoms with van der Waals surface area (Å²) in [5.41, 5.74) is 0.989. The van der Waals surface area contributed by atoms with E-state index in [1.54, 1.807) is 14.2 Å². The zero-order valence-corrected chi connectivity index (χ0v) is 16.3. The average molecular weight is 374 g/mol. The number of methoxy groups -OCH3 is 2. The van der Waals surface area contributed by atoms with Gasteiger partial charge in [0.25, 0.3) is 0 Å². The molecule has 0 unspecified atom stereocenters. The van der Waals surface area contributed by atoms with Crippen molar-refractivity contribution in [3.8, 4) is 11.5 Å². The highest BCUT2D eigenvalue weighted by Gasteiger charge is 2.32. The fraction of sp³-hybridized carbons (Fsp3) is 0.619. The molecule has 27 heavy (non-hydrogen) atoms. The molecule has 0 spiro atoms. The van der Waals surface area contributed by atoms with E-state index in [2.05, 4.69) is 5.32 Å². The third-order valence-corrected chi connectivity index (χ3v) is 5.76. The van der Waals surface area contributed by atoms with Crippen molar-refractivity contribution < 1.29 is 19.1 Å². The average Bonchev–Trinajstić information content (AvgIpc) is 3.21. The van der Waals surface area contributed by atoms with Gasteiger partial charge in [0.1, 0.15) is 11.5 Å². The van der Waals surface area contributed by atoms with E-state index in [9.17, 15) is 9.59 Å². The molecule has 1 N–H and O–H groups in total. The van der Waals surface area contributed by atoms with Gasteiger partial charge in [-0.25, -0.2) is 0 Å². The number of carbonyl (C=O) groups excluding carboxylic acids is 2. The Morgan fingerprint density at radius 1 is 1.07 bits per heavy atom. The van der Waals surface area contributed by atoms with Crippen LogP contribution in [-0.4, -0.2) is 44.0 Å². The van der Waals surface area contributed by atoms with E-state index >= 15 is 0 Å². The lowest BCUT2D eigenvalue weighted by atomic mass is 9.89. The summed E-state index contributed by atoms with van der Waals surface area (Å²) in [5, 5.41) is 2.87. The van der Waals surface area contributed by atoms with Gasteiger partial charge in [0.15, 0.2) is 0 Å². The Bertz CT molecular complexity index is 670. The van der Waals surface area contributed by atoms with E-state index in [0.29, 0.717) is 6.54 Å². The van der Waals surface area contributed by atoms with Crippen molar-refractivity contribution in [1.82, 2.24) is 10.2 Å². The van der Waals surface area contributed by atoms with Crippen LogP contribution in [0, 0.1) is 5.92 Å². The fourth-order valence-electron chi connectivity index (χ4n) is 4.26. The van der Waals surface area contributed by atoms with Crippen LogP contribution in [0.15, 0.2) is 18.2 Å². The van der Waals surface area contributed by atoms with Crippen LogP contribution in [0.1, 0.15) is 56.6 Å². The molecule has 6 nitrogen and oxygen atoms in total. The van der Waals surface area contributed by atoms with Crippen LogP contribution in [0.5, 0.6) is 11.5 Å². The van der Waals surface area contributed by atoms with Gasteiger partial charge < -0.3 is 19.7 Å². The molecule has 3 rings (SSSR count). The number of likely N-dealkylation sites (tertiary alicyclic amines) is 1. The van der Waals surface area contributed by atoms with Gasteiger partial charge in [-0.3, -0.25) is 9.59 Å². The predicted octanol–water partition coefficient (Wildman–Crippen LogP) is 3.06. The minimum atomic E-state index is -0.0282. The molecule has 6 heteroatoms. The van der Waals surface area contributed by atoms with Crippen molar-refractivity contribution in [2.45, 2.75) is 51.0 Å². The Hall–Kier alpha value is -2.24. The highest BCUT2D eigenvalue weighted by atomic mass is 16.5. The summed E-state index contributed by atoms with van der Waals surface area (Å²) in [7, 11) is 3.25. The van der Waals surface area contributed by atoms with Gasteiger partial charge in [0.2, 0.25) is 11.8 Å². The van der Waals surface area contributed by atoms with E-state index in [4.69, 9.17) is 9.47 Å². The highest BCUT2D eigenvalue weighted by molar-refractivity contribution is 5.86. The largest absolute Gasteiger partial charge is 0.497 e. The van der Waals surface area contributed by atoms with E-state index in [0.717, 1.165) is 55.6 Å². The van der Waals surface area contributed by atoms with Crippen molar-refractivity contribution in [2.75, 3.05) is 27.3 Å². The first-order valence-corrected chi connectivity index (χ1v) is 9.93. The molecule has 0 radical (unpaired) electrons. The molecule has 148 valence electrons. The maximum Gasteiger partial charge on any atom is 0.242 e. The second-order valence-electron chi connectivity index (χ2n) is 7.41. The molecule has 1 atom stereocenters. The van der Waals surface area contributed by atoms with E-state index < -0.39 is 0 Å². The third kappa shape index (κ3) is 4.54. The number of benzene rings is 1. The van der Waals surface area contributed by atoms with Gasteiger partial charge in [-0.05, 0) is 37.8 Å². The van der Waals surface area contributed by atoms with Crippen LogP contribution in [0.3, 0.4) is 0 Å². The lowest BCUT2D eigenvalue weighted by molar-refractivity contribution is -0.134. The molecule has 1 aromatic carbocycles. The zero-order chi connectivity index (χ0) is 19.2. The van der Waals surface area contributed by atoms with Crippen LogP contribution in [0.4, 0.5) is 0 Å². The lowest BCUT2D eigenvalue weighted by Crippen LogP contribution is -2.42. The molecule has 1 saturated heterocycles. The van der Waals surface area contributed by atoms with Crippen LogP contribution in [0.2, 0.25) is 0 Å². The summed E-state index contributed by atoms with van der Waals surface area (Å²) in [6.07, 6.45) is 7.15. The Morgan fingerprint density at radius 3 is 2.56 bits per heavy atom. The highest BCUT2D eigenvalue weighted by Crippen LogP contribution is 2.38. The minimum Gasteiger partial charge on any atom is -0.497 e. The van der Waals surface area contributed by atoms with Crippen LogP contribution >= 0.6 is 0 Å². The number of rotatable bonds is 6. The Balaban J connectivity index is 1.63. The van der Waals surface area contributed by atoms with Gasteiger partial charge in [-0.2, -0.15) is 0 Å². The molecule has 1 heterocycles. The van der Waals surface area contributed by atoms with Gasteiger partial charge in [-0.15, -0.1) is 0 Å². The molecule has 1 aliphatic carbocycles. The maximum absolute atomic E-state index is 12.8. The zero-order valence-electron chi connectivity index (χ0n) is 16.3. The van der Waals surface area contributed by atoms with E-state index in [1.807, 2.05) is 23.1 Å². The summed E-state index contributed by atoms with van der Waals surface area (Å²) < 4.78 is 10.8. The van der Waals surface area contributed by atoms with Gasteiger partial charge in [0.05, 0.1) is 26.8 Å². The molecule has 1 saturated carbocycles.